The number of para-hydroxylation sites is 2. The lowest BCUT2D eigenvalue weighted by Gasteiger charge is -1.99. The van der Waals surface area contributed by atoms with E-state index in [4.69, 9.17) is 12.2 Å². The number of azo groups is 1. The first-order chi connectivity index (χ1) is 12.6. The zero-order valence-corrected chi connectivity index (χ0v) is 14.6. The first kappa shape index (κ1) is 16.1. The van der Waals surface area contributed by atoms with Crippen LogP contribution in [0.1, 0.15) is 5.69 Å². The molecule has 128 valence electrons. The van der Waals surface area contributed by atoms with Gasteiger partial charge in [-0.15, -0.1) is 5.11 Å². The van der Waals surface area contributed by atoms with Crippen LogP contribution in [0.4, 0.5) is 11.4 Å². The summed E-state index contributed by atoms with van der Waals surface area (Å²) in [6, 6.07) is 15.3. The Morgan fingerprint density at radius 3 is 2.46 bits per heavy atom. The number of aromatic nitrogens is 4. The highest BCUT2D eigenvalue weighted by Gasteiger charge is 2.06. The molecule has 26 heavy (non-hydrogen) atoms. The van der Waals surface area contributed by atoms with Gasteiger partial charge in [-0.25, -0.2) is 4.98 Å². The van der Waals surface area contributed by atoms with Gasteiger partial charge in [0.15, 0.2) is 10.5 Å². The van der Waals surface area contributed by atoms with Crippen molar-refractivity contribution in [1.29, 1.82) is 0 Å². The molecule has 4 rings (SSSR count). The van der Waals surface area contributed by atoms with Gasteiger partial charge < -0.3 is 9.97 Å². The number of imidazole rings is 1. The first-order valence-corrected chi connectivity index (χ1v) is 8.31. The lowest BCUT2D eigenvalue weighted by atomic mass is 10.2. The minimum Gasteiger partial charge on any atom is -0.338 e. The van der Waals surface area contributed by atoms with Crippen LogP contribution in [0.15, 0.2) is 63.6 Å². The number of benzene rings is 2. The molecule has 0 radical (unpaired) electrons. The first-order valence-electron chi connectivity index (χ1n) is 7.90. The van der Waals surface area contributed by atoms with Gasteiger partial charge in [-0.2, -0.15) is 5.11 Å². The molecule has 0 atom stereocenters. The fourth-order valence-corrected chi connectivity index (χ4v) is 2.84. The molecule has 2 heterocycles. The molecule has 0 fully saturated rings. The molecule has 0 saturated heterocycles. The molecule has 0 unspecified atom stereocenters. The molecule has 2 aromatic heterocycles. The Labute approximate surface area is 152 Å². The van der Waals surface area contributed by atoms with Gasteiger partial charge in [0, 0.05) is 11.3 Å². The molecule has 0 amide bonds. The maximum atomic E-state index is 11.9. The summed E-state index contributed by atoms with van der Waals surface area (Å²) in [6.45, 7) is 1.73. The molecule has 0 bridgehead atoms. The molecule has 8 heteroatoms. The highest BCUT2D eigenvalue weighted by Crippen LogP contribution is 2.24. The summed E-state index contributed by atoms with van der Waals surface area (Å²) in [6.07, 6.45) is 0. The Balaban J connectivity index is 1.62. The van der Waals surface area contributed by atoms with E-state index in [1.54, 1.807) is 6.92 Å². The van der Waals surface area contributed by atoms with Crippen LogP contribution in [0.5, 0.6) is 0 Å². The number of aryl methyl sites for hydroxylation is 1. The second kappa shape index (κ2) is 6.49. The highest BCUT2D eigenvalue weighted by molar-refractivity contribution is 7.71. The van der Waals surface area contributed by atoms with Gasteiger partial charge in [0.05, 0.1) is 16.7 Å². The summed E-state index contributed by atoms with van der Waals surface area (Å²) in [5.74, 6) is 0.789. The van der Waals surface area contributed by atoms with Crippen LogP contribution in [-0.2, 0) is 0 Å². The monoisotopic (exact) mass is 362 g/mol. The average molecular weight is 362 g/mol. The zero-order valence-electron chi connectivity index (χ0n) is 13.8. The third-order valence-electron chi connectivity index (χ3n) is 3.89. The maximum absolute atomic E-state index is 11.9. The number of rotatable bonds is 3. The van der Waals surface area contributed by atoms with E-state index in [9.17, 15) is 4.79 Å². The van der Waals surface area contributed by atoms with Gasteiger partial charge in [-0.3, -0.25) is 9.78 Å². The number of fused-ring (bicyclic) bond motifs is 1. The molecule has 0 aliphatic heterocycles. The van der Waals surface area contributed by atoms with E-state index in [-0.39, 0.29) is 16.0 Å². The highest BCUT2D eigenvalue weighted by atomic mass is 32.1. The molecule has 7 nitrogen and oxygen atoms in total. The number of nitrogens with zero attached hydrogens (tertiary/aromatic N) is 3. The molecule has 4 aromatic rings. The second-order valence-electron chi connectivity index (χ2n) is 5.73. The third kappa shape index (κ3) is 3.09. The molecule has 2 aromatic carbocycles. The van der Waals surface area contributed by atoms with Crippen molar-refractivity contribution in [3.63, 3.8) is 0 Å². The van der Waals surface area contributed by atoms with Crippen molar-refractivity contribution in [3.05, 3.63) is 69.3 Å². The quantitative estimate of drug-likeness (QED) is 0.363. The summed E-state index contributed by atoms with van der Waals surface area (Å²) in [5, 5.41) is 8.16. The van der Waals surface area contributed by atoms with E-state index in [0.29, 0.717) is 11.4 Å². The fraction of sp³-hybridized carbons (Fsp3) is 0.0556. The van der Waals surface area contributed by atoms with E-state index < -0.39 is 0 Å². The van der Waals surface area contributed by atoms with E-state index in [2.05, 4.69) is 30.2 Å². The van der Waals surface area contributed by atoms with Gasteiger partial charge in [0.25, 0.3) is 5.56 Å². The zero-order chi connectivity index (χ0) is 18.1. The fourth-order valence-electron chi connectivity index (χ4n) is 2.60. The molecule has 0 saturated carbocycles. The standard InChI is InChI=1S/C18H14N6OS/c1-10-15(17(25)22-18(26)19-10)24-23-12-8-6-11(7-9-12)16-20-13-4-2-3-5-14(13)21-16/h2-9H,1H3,(H,20,21)(H2,19,22,25,26). The van der Waals surface area contributed by atoms with Gasteiger partial charge in [0.2, 0.25) is 0 Å². The summed E-state index contributed by atoms with van der Waals surface area (Å²) in [7, 11) is 0. The lowest BCUT2D eigenvalue weighted by molar-refractivity contribution is 1.01. The number of aromatic amines is 3. The summed E-state index contributed by atoms with van der Waals surface area (Å²) >= 11 is 4.92. The Kier molecular flexibility index (Phi) is 4.02. The second-order valence-corrected chi connectivity index (χ2v) is 6.14. The number of hydrogen-bond donors (Lipinski definition) is 3. The van der Waals surface area contributed by atoms with Crippen molar-refractivity contribution in [2.45, 2.75) is 6.92 Å². The van der Waals surface area contributed by atoms with Crippen molar-refractivity contribution in [2.24, 2.45) is 10.2 Å². The minimum absolute atomic E-state index is 0.208. The lowest BCUT2D eigenvalue weighted by Crippen LogP contribution is -2.08. The number of H-pyrrole nitrogens is 3. The summed E-state index contributed by atoms with van der Waals surface area (Å²) in [4.78, 5) is 25.1. The van der Waals surface area contributed by atoms with Crippen molar-refractivity contribution in [3.8, 4) is 11.4 Å². The number of hydrogen-bond acceptors (Lipinski definition) is 5. The van der Waals surface area contributed by atoms with E-state index in [1.807, 2.05) is 48.5 Å². The molecule has 0 aliphatic rings. The largest absolute Gasteiger partial charge is 0.338 e. The predicted octanol–water partition coefficient (Wildman–Crippen LogP) is 4.70. The van der Waals surface area contributed by atoms with E-state index in [1.165, 1.54) is 0 Å². The van der Waals surface area contributed by atoms with E-state index >= 15 is 0 Å². The van der Waals surface area contributed by atoms with Crippen LogP contribution in [0, 0.1) is 11.7 Å². The molecular weight excluding hydrogens is 348 g/mol. The third-order valence-corrected chi connectivity index (χ3v) is 4.10. The van der Waals surface area contributed by atoms with Crippen LogP contribution in [0.25, 0.3) is 22.4 Å². The summed E-state index contributed by atoms with van der Waals surface area (Å²) in [5.41, 5.74) is 3.89. The van der Waals surface area contributed by atoms with Gasteiger partial charge >= 0.3 is 0 Å². The van der Waals surface area contributed by atoms with Crippen molar-refractivity contribution >= 4 is 34.6 Å². The topological polar surface area (TPSA) is 102 Å². The van der Waals surface area contributed by atoms with Gasteiger partial charge in [0.1, 0.15) is 5.82 Å². The average Bonchev–Trinajstić information content (AvgIpc) is 3.05. The maximum Gasteiger partial charge on any atom is 0.279 e. The minimum atomic E-state index is -0.367. The normalized spacial score (nSPS) is 11.4. The van der Waals surface area contributed by atoms with Crippen LogP contribution in [0.2, 0.25) is 0 Å². The molecule has 0 aliphatic carbocycles. The van der Waals surface area contributed by atoms with Gasteiger partial charge in [-0.05, 0) is 55.5 Å². The Hall–Kier alpha value is -3.39. The molecule has 3 N–H and O–H groups in total. The van der Waals surface area contributed by atoms with Crippen LogP contribution in [-0.4, -0.2) is 19.9 Å². The van der Waals surface area contributed by atoms with Crippen LogP contribution < -0.4 is 5.56 Å². The molecular formula is C18H14N6OS. The van der Waals surface area contributed by atoms with Crippen molar-refractivity contribution in [2.75, 3.05) is 0 Å². The SMILES string of the molecule is Cc1[nH]c(=S)[nH]c(=O)c1N=Nc1ccc(-c2nc3ccccc3[nH]2)cc1. The smallest absolute Gasteiger partial charge is 0.279 e. The van der Waals surface area contributed by atoms with Crippen molar-refractivity contribution < 1.29 is 0 Å². The summed E-state index contributed by atoms with van der Waals surface area (Å²) < 4.78 is 0.265. The van der Waals surface area contributed by atoms with Crippen molar-refractivity contribution in [1.82, 2.24) is 19.9 Å². The Morgan fingerprint density at radius 1 is 0.962 bits per heavy atom. The number of nitrogens with one attached hydrogen (secondary N) is 3. The Bertz CT molecular complexity index is 1200. The van der Waals surface area contributed by atoms with Crippen LogP contribution in [0.3, 0.4) is 0 Å². The van der Waals surface area contributed by atoms with Crippen LogP contribution >= 0.6 is 12.2 Å². The van der Waals surface area contributed by atoms with Gasteiger partial charge in [-0.1, -0.05) is 12.1 Å². The van der Waals surface area contributed by atoms with E-state index in [0.717, 1.165) is 22.4 Å². The molecule has 0 spiro atoms. The predicted molar refractivity (Wildman–Crippen MR) is 103 cm³/mol. The Morgan fingerprint density at radius 2 is 1.73 bits per heavy atom.